The summed E-state index contributed by atoms with van der Waals surface area (Å²) in [5.74, 6) is -1.23. The molecule has 0 bridgehead atoms. The zero-order chi connectivity index (χ0) is 18.9. The number of alkyl halides is 3. The van der Waals surface area contributed by atoms with Crippen molar-refractivity contribution in [3.8, 4) is 0 Å². The molecule has 1 saturated carbocycles. The molecule has 1 fully saturated rings. The molecular formula is C17H14F3N3O3. The van der Waals surface area contributed by atoms with Gasteiger partial charge in [-0.05, 0) is 18.1 Å². The predicted molar refractivity (Wildman–Crippen MR) is 84.0 cm³/mol. The molecular weight excluding hydrogens is 351 g/mol. The molecule has 0 unspecified atom stereocenters. The lowest BCUT2D eigenvalue weighted by atomic mass is 9.90. The van der Waals surface area contributed by atoms with E-state index in [9.17, 15) is 27.9 Å². The molecule has 26 heavy (non-hydrogen) atoms. The standard InChI is InChI=1S/C17H14F3N3O3/c18-17(19,20)14-5-4-10(6-21-14)8-23-9-11(7-22-23)16(26)15-12(24)2-1-3-13(15)25/h4-7,9,26H,1-3,8H2. The fraction of sp³-hybridized carbons (Fsp3) is 0.294. The number of hydrogen-bond acceptors (Lipinski definition) is 5. The largest absolute Gasteiger partial charge is 0.506 e. The van der Waals surface area contributed by atoms with E-state index in [0.717, 1.165) is 12.3 Å². The highest BCUT2D eigenvalue weighted by Gasteiger charge is 2.32. The summed E-state index contributed by atoms with van der Waals surface area (Å²) < 4.78 is 38.9. The first kappa shape index (κ1) is 17.8. The first-order valence-corrected chi connectivity index (χ1v) is 7.80. The SMILES string of the molecule is O=C1CCCC(=O)C1=C(O)c1cnn(Cc2ccc(C(F)(F)F)nc2)c1. The van der Waals surface area contributed by atoms with Crippen LogP contribution in [0.15, 0.2) is 36.3 Å². The molecule has 0 saturated heterocycles. The molecule has 0 amide bonds. The third-order valence-corrected chi connectivity index (χ3v) is 3.97. The smallest absolute Gasteiger partial charge is 0.433 e. The minimum Gasteiger partial charge on any atom is -0.506 e. The zero-order valence-corrected chi connectivity index (χ0v) is 13.5. The maximum atomic E-state index is 12.5. The van der Waals surface area contributed by atoms with Crippen molar-refractivity contribution >= 4 is 17.3 Å². The van der Waals surface area contributed by atoms with Crippen LogP contribution in [0.3, 0.4) is 0 Å². The van der Waals surface area contributed by atoms with Gasteiger partial charge in [-0.3, -0.25) is 19.3 Å². The summed E-state index contributed by atoms with van der Waals surface area (Å²) in [7, 11) is 0. The maximum Gasteiger partial charge on any atom is 0.433 e. The van der Waals surface area contributed by atoms with E-state index in [1.54, 1.807) is 0 Å². The predicted octanol–water partition coefficient (Wildman–Crippen LogP) is 2.94. The fourth-order valence-electron chi connectivity index (χ4n) is 2.67. The fourth-order valence-corrected chi connectivity index (χ4v) is 2.67. The van der Waals surface area contributed by atoms with Crippen molar-refractivity contribution < 1.29 is 27.9 Å². The molecule has 2 aromatic rings. The van der Waals surface area contributed by atoms with Crippen LogP contribution in [-0.4, -0.2) is 31.4 Å². The van der Waals surface area contributed by atoms with E-state index < -0.39 is 29.2 Å². The number of halogens is 3. The summed E-state index contributed by atoms with van der Waals surface area (Å²) in [6.45, 7) is 0.121. The van der Waals surface area contributed by atoms with Crippen molar-refractivity contribution in [1.82, 2.24) is 14.8 Å². The van der Waals surface area contributed by atoms with E-state index in [1.165, 1.54) is 23.1 Å². The number of carbonyl (C=O) groups excluding carboxylic acids is 2. The van der Waals surface area contributed by atoms with E-state index in [1.807, 2.05) is 0 Å². The lowest BCUT2D eigenvalue weighted by Gasteiger charge is -2.12. The summed E-state index contributed by atoms with van der Waals surface area (Å²) in [4.78, 5) is 27.1. The molecule has 0 spiro atoms. The molecule has 1 N–H and O–H groups in total. The number of carbonyl (C=O) groups is 2. The molecule has 2 aromatic heterocycles. The highest BCUT2D eigenvalue weighted by molar-refractivity contribution is 6.25. The minimum atomic E-state index is -4.51. The molecule has 0 radical (unpaired) electrons. The van der Waals surface area contributed by atoms with Gasteiger partial charge < -0.3 is 5.11 Å². The van der Waals surface area contributed by atoms with Gasteiger partial charge in [-0.25, -0.2) is 0 Å². The van der Waals surface area contributed by atoms with Crippen LogP contribution in [0.5, 0.6) is 0 Å². The van der Waals surface area contributed by atoms with Crippen molar-refractivity contribution in [3.05, 3.63) is 53.1 Å². The molecule has 0 atom stereocenters. The summed E-state index contributed by atoms with van der Waals surface area (Å²) >= 11 is 0. The van der Waals surface area contributed by atoms with Crippen molar-refractivity contribution in [2.75, 3.05) is 0 Å². The Morgan fingerprint density at radius 2 is 1.85 bits per heavy atom. The molecule has 6 nitrogen and oxygen atoms in total. The second-order valence-electron chi connectivity index (χ2n) is 5.90. The normalized spacial score (nSPS) is 15.4. The Morgan fingerprint density at radius 1 is 1.15 bits per heavy atom. The Bertz CT molecular complexity index is 865. The van der Waals surface area contributed by atoms with Gasteiger partial charge in [-0.1, -0.05) is 6.07 Å². The third kappa shape index (κ3) is 3.66. The Kier molecular flexibility index (Phi) is 4.62. The Hall–Kier alpha value is -2.97. The summed E-state index contributed by atoms with van der Waals surface area (Å²) in [5.41, 5.74) is -0.529. The first-order valence-electron chi connectivity index (χ1n) is 7.80. The van der Waals surface area contributed by atoms with E-state index in [2.05, 4.69) is 10.1 Å². The first-order chi connectivity index (χ1) is 12.3. The van der Waals surface area contributed by atoms with Gasteiger partial charge in [0.15, 0.2) is 11.6 Å². The average molecular weight is 365 g/mol. The van der Waals surface area contributed by atoms with Crippen LogP contribution in [0.25, 0.3) is 5.76 Å². The Balaban J connectivity index is 1.80. The second kappa shape index (κ2) is 6.74. The number of aliphatic hydroxyl groups excluding tert-OH is 1. The highest BCUT2D eigenvalue weighted by Crippen LogP contribution is 2.27. The van der Waals surface area contributed by atoms with Crippen molar-refractivity contribution in [2.45, 2.75) is 32.0 Å². The Morgan fingerprint density at radius 3 is 2.42 bits per heavy atom. The van der Waals surface area contributed by atoms with Gasteiger partial charge in [0.2, 0.25) is 0 Å². The van der Waals surface area contributed by atoms with Crippen LogP contribution >= 0.6 is 0 Å². The van der Waals surface area contributed by atoms with Crippen LogP contribution in [-0.2, 0) is 22.3 Å². The van der Waals surface area contributed by atoms with Gasteiger partial charge >= 0.3 is 6.18 Å². The Labute approximate surface area is 146 Å². The molecule has 0 aromatic carbocycles. The highest BCUT2D eigenvalue weighted by atomic mass is 19.4. The lowest BCUT2D eigenvalue weighted by Crippen LogP contribution is -2.20. The number of nitrogens with zero attached hydrogens (tertiary/aromatic N) is 3. The van der Waals surface area contributed by atoms with Gasteiger partial charge in [0.25, 0.3) is 0 Å². The number of Topliss-reactive ketones (excluding diaryl/α,β-unsaturated/α-hetero) is 2. The minimum absolute atomic E-state index is 0.121. The van der Waals surface area contributed by atoms with E-state index in [0.29, 0.717) is 12.0 Å². The quantitative estimate of drug-likeness (QED) is 0.514. The topological polar surface area (TPSA) is 85.1 Å². The molecule has 0 aliphatic heterocycles. The van der Waals surface area contributed by atoms with Crippen molar-refractivity contribution in [3.63, 3.8) is 0 Å². The van der Waals surface area contributed by atoms with Crippen LogP contribution in [0.2, 0.25) is 0 Å². The van der Waals surface area contributed by atoms with E-state index in [-0.39, 0.29) is 30.5 Å². The van der Waals surface area contributed by atoms with Crippen LogP contribution in [0.1, 0.15) is 36.1 Å². The third-order valence-electron chi connectivity index (χ3n) is 3.97. The number of aromatic nitrogens is 3. The van der Waals surface area contributed by atoms with Crippen LogP contribution in [0, 0.1) is 0 Å². The number of pyridine rings is 1. The molecule has 136 valence electrons. The van der Waals surface area contributed by atoms with Gasteiger partial charge in [0.05, 0.1) is 18.3 Å². The second-order valence-corrected chi connectivity index (χ2v) is 5.90. The van der Waals surface area contributed by atoms with Crippen LogP contribution in [0.4, 0.5) is 13.2 Å². The average Bonchev–Trinajstić information content (AvgIpc) is 3.03. The maximum absolute atomic E-state index is 12.5. The van der Waals surface area contributed by atoms with Crippen LogP contribution < -0.4 is 0 Å². The summed E-state index contributed by atoms with van der Waals surface area (Å²) in [6, 6.07) is 2.16. The number of allylic oxidation sites excluding steroid dienone is 1. The molecule has 9 heteroatoms. The van der Waals surface area contributed by atoms with E-state index >= 15 is 0 Å². The molecule has 1 aliphatic rings. The number of aliphatic hydroxyl groups is 1. The van der Waals surface area contributed by atoms with Gasteiger partial charge in [0, 0.05) is 25.2 Å². The monoisotopic (exact) mass is 365 g/mol. The lowest BCUT2D eigenvalue weighted by molar-refractivity contribution is -0.141. The van der Waals surface area contributed by atoms with Gasteiger partial charge in [-0.15, -0.1) is 0 Å². The zero-order valence-electron chi connectivity index (χ0n) is 13.5. The molecule has 2 heterocycles. The summed E-state index contributed by atoms with van der Waals surface area (Å²) in [6.07, 6.45) is 0.164. The van der Waals surface area contributed by atoms with Gasteiger partial charge in [-0.2, -0.15) is 18.3 Å². The summed E-state index contributed by atoms with van der Waals surface area (Å²) in [5, 5.41) is 14.2. The van der Waals surface area contributed by atoms with E-state index in [4.69, 9.17) is 0 Å². The number of hydrogen-bond donors (Lipinski definition) is 1. The molecule has 1 aliphatic carbocycles. The van der Waals surface area contributed by atoms with Crippen molar-refractivity contribution in [1.29, 1.82) is 0 Å². The number of rotatable bonds is 3. The van der Waals surface area contributed by atoms with Crippen molar-refractivity contribution in [2.24, 2.45) is 0 Å². The number of ketones is 2. The molecule has 3 rings (SSSR count). The van der Waals surface area contributed by atoms with Gasteiger partial charge in [0.1, 0.15) is 17.0 Å².